The van der Waals surface area contributed by atoms with E-state index in [2.05, 4.69) is 10.3 Å². The van der Waals surface area contributed by atoms with Crippen molar-refractivity contribution in [2.45, 2.75) is 13.5 Å². The predicted octanol–water partition coefficient (Wildman–Crippen LogP) is 2.59. The van der Waals surface area contributed by atoms with Gasteiger partial charge >= 0.3 is 0 Å². The number of hydrogen-bond donors (Lipinski definition) is 1. The average molecular weight is 328 g/mol. The molecule has 2 heterocycles. The lowest BCUT2D eigenvalue weighted by atomic mass is 10.2. The molecule has 2 aromatic heterocycles. The van der Waals surface area contributed by atoms with Crippen LogP contribution in [0.25, 0.3) is 5.65 Å². The van der Waals surface area contributed by atoms with E-state index in [0.717, 1.165) is 11.1 Å². The van der Waals surface area contributed by atoms with E-state index in [9.17, 15) is 9.59 Å². The van der Waals surface area contributed by atoms with Crippen LogP contribution >= 0.6 is 11.6 Å². The molecule has 0 aliphatic rings. The van der Waals surface area contributed by atoms with Gasteiger partial charge < -0.3 is 5.32 Å². The summed E-state index contributed by atoms with van der Waals surface area (Å²) in [4.78, 5) is 28.8. The molecule has 0 aliphatic carbocycles. The van der Waals surface area contributed by atoms with Crippen molar-refractivity contribution in [2.75, 3.05) is 0 Å². The molecule has 1 aromatic carbocycles. The van der Waals surface area contributed by atoms with Crippen molar-refractivity contribution in [3.05, 3.63) is 80.9 Å². The molecule has 0 radical (unpaired) electrons. The Kier molecular flexibility index (Phi) is 4.12. The molecule has 1 amide bonds. The predicted molar refractivity (Wildman–Crippen MR) is 88.8 cm³/mol. The van der Waals surface area contributed by atoms with Gasteiger partial charge in [0.05, 0.1) is 0 Å². The Morgan fingerprint density at radius 1 is 1.30 bits per heavy atom. The molecular weight excluding hydrogens is 314 g/mol. The Balaban J connectivity index is 1.87. The molecule has 0 unspecified atom stereocenters. The van der Waals surface area contributed by atoms with Crippen LogP contribution in [0.2, 0.25) is 5.02 Å². The summed E-state index contributed by atoms with van der Waals surface area (Å²) in [5.41, 5.74) is 1.89. The smallest absolute Gasteiger partial charge is 0.270 e. The number of carbonyl (C=O) groups is 1. The van der Waals surface area contributed by atoms with Gasteiger partial charge in [0.2, 0.25) is 0 Å². The first kappa shape index (κ1) is 15.2. The van der Waals surface area contributed by atoms with Crippen molar-refractivity contribution in [3.63, 3.8) is 0 Å². The van der Waals surface area contributed by atoms with Crippen LogP contribution < -0.4 is 10.9 Å². The number of nitrogens with one attached hydrogen (secondary N) is 1. The molecule has 5 nitrogen and oxygen atoms in total. The fourth-order valence-corrected chi connectivity index (χ4v) is 2.45. The zero-order valence-electron chi connectivity index (χ0n) is 12.4. The van der Waals surface area contributed by atoms with Crippen molar-refractivity contribution in [2.24, 2.45) is 0 Å². The third-order valence-electron chi connectivity index (χ3n) is 3.51. The number of halogens is 1. The van der Waals surface area contributed by atoms with Gasteiger partial charge in [-0.25, -0.2) is 4.98 Å². The topological polar surface area (TPSA) is 63.5 Å². The van der Waals surface area contributed by atoms with Gasteiger partial charge in [-0.15, -0.1) is 0 Å². The highest BCUT2D eigenvalue weighted by molar-refractivity contribution is 6.31. The van der Waals surface area contributed by atoms with Gasteiger partial charge in [0.15, 0.2) is 0 Å². The summed E-state index contributed by atoms with van der Waals surface area (Å²) in [5, 5.41) is 3.26. The van der Waals surface area contributed by atoms with E-state index in [1.54, 1.807) is 24.4 Å². The van der Waals surface area contributed by atoms with Crippen molar-refractivity contribution in [1.29, 1.82) is 0 Å². The number of aryl methyl sites for hydroxylation is 1. The molecule has 0 saturated heterocycles. The maximum Gasteiger partial charge on any atom is 0.270 e. The second-order valence-electron chi connectivity index (χ2n) is 5.18. The molecule has 0 spiro atoms. The van der Waals surface area contributed by atoms with E-state index in [4.69, 9.17) is 11.6 Å². The van der Waals surface area contributed by atoms with Gasteiger partial charge in [0.25, 0.3) is 11.5 Å². The van der Waals surface area contributed by atoms with Crippen LogP contribution in [-0.4, -0.2) is 15.3 Å². The number of aromatic nitrogens is 2. The molecule has 0 atom stereocenters. The lowest BCUT2D eigenvalue weighted by Crippen LogP contribution is -2.31. The minimum absolute atomic E-state index is 0.00148. The number of nitrogens with zero attached hydrogens (tertiary/aromatic N) is 2. The lowest BCUT2D eigenvalue weighted by molar-refractivity contribution is 0.0949. The first-order valence-electron chi connectivity index (χ1n) is 7.06. The number of fused-ring (bicyclic) bond motifs is 1. The second kappa shape index (κ2) is 6.22. The van der Waals surface area contributed by atoms with E-state index in [1.807, 2.05) is 25.1 Å². The molecule has 0 fully saturated rings. The Hall–Kier alpha value is -2.66. The van der Waals surface area contributed by atoms with E-state index < -0.39 is 11.5 Å². The quantitative estimate of drug-likeness (QED) is 0.804. The fraction of sp³-hybridized carbons (Fsp3) is 0.118. The largest absolute Gasteiger partial charge is 0.348 e. The molecule has 3 aromatic rings. The van der Waals surface area contributed by atoms with E-state index in [0.29, 0.717) is 10.7 Å². The normalized spacial score (nSPS) is 10.7. The third kappa shape index (κ3) is 3.10. The summed E-state index contributed by atoms with van der Waals surface area (Å²) in [5.74, 6) is -0.475. The van der Waals surface area contributed by atoms with E-state index in [-0.39, 0.29) is 12.1 Å². The molecule has 0 saturated carbocycles. The molecule has 0 aliphatic heterocycles. The minimum Gasteiger partial charge on any atom is -0.348 e. The molecule has 116 valence electrons. The monoisotopic (exact) mass is 327 g/mol. The SMILES string of the molecule is Cc1ccn2c(=O)c(C(=O)NCc3ccccc3Cl)cnc2c1. The Labute approximate surface area is 137 Å². The van der Waals surface area contributed by atoms with Crippen LogP contribution in [0.1, 0.15) is 21.5 Å². The summed E-state index contributed by atoms with van der Waals surface area (Å²) >= 11 is 6.05. The Morgan fingerprint density at radius 3 is 2.87 bits per heavy atom. The number of pyridine rings is 1. The minimum atomic E-state index is -0.475. The van der Waals surface area contributed by atoms with Crippen LogP contribution in [0.5, 0.6) is 0 Å². The first-order valence-corrected chi connectivity index (χ1v) is 7.43. The van der Waals surface area contributed by atoms with E-state index in [1.165, 1.54) is 10.6 Å². The van der Waals surface area contributed by atoms with Crippen molar-refractivity contribution < 1.29 is 4.79 Å². The third-order valence-corrected chi connectivity index (χ3v) is 3.88. The zero-order chi connectivity index (χ0) is 16.4. The number of hydrogen-bond acceptors (Lipinski definition) is 3. The maximum atomic E-state index is 12.4. The standard InChI is InChI=1S/C17H14ClN3O2/c1-11-6-7-21-15(8-11)19-10-13(17(21)23)16(22)20-9-12-4-2-3-5-14(12)18/h2-8,10H,9H2,1H3,(H,20,22). The highest BCUT2D eigenvalue weighted by atomic mass is 35.5. The van der Waals surface area contributed by atoms with Crippen LogP contribution in [0.3, 0.4) is 0 Å². The van der Waals surface area contributed by atoms with Gasteiger partial charge in [-0.1, -0.05) is 29.8 Å². The van der Waals surface area contributed by atoms with E-state index >= 15 is 0 Å². The zero-order valence-corrected chi connectivity index (χ0v) is 13.2. The molecular formula is C17H14ClN3O2. The molecule has 0 bridgehead atoms. The van der Waals surface area contributed by atoms with Gasteiger partial charge in [-0.2, -0.15) is 0 Å². The average Bonchev–Trinajstić information content (AvgIpc) is 2.54. The molecule has 6 heteroatoms. The molecule has 1 N–H and O–H groups in total. The lowest BCUT2D eigenvalue weighted by Gasteiger charge is -2.07. The van der Waals surface area contributed by atoms with Crippen LogP contribution in [0.4, 0.5) is 0 Å². The van der Waals surface area contributed by atoms with Crippen molar-refractivity contribution in [3.8, 4) is 0 Å². The summed E-state index contributed by atoms with van der Waals surface area (Å²) in [7, 11) is 0. The Bertz CT molecular complexity index is 950. The van der Waals surface area contributed by atoms with Crippen LogP contribution in [-0.2, 0) is 6.54 Å². The van der Waals surface area contributed by atoms with Gasteiger partial charge in [-0.05, 0) is 36.2 Å². The van der Waals surface area contributed by atoms with Crippen LogP contribution in [0.15, 0.2) is 53.6 Å². The van der Waals surface area contributed by atoms with Gasteiger partial charge in [0, 0.05) is 24.0 Å². The number of amides is 1. The highest BCUT2D eigenvalue weighted by Gasteiger charge is 2.13. The van der Waals surface area contributed by atoms with Crippen molar-refractivity contribution in [1.82, 2.24) is 14.7 Å². The Morgan fingerprint density at radius 2 is 2.09 bits per heavy atom. The summed E-state index contributed by atoms with van der Waals surface area (Å²) in [6.45, 7) is 2.16. The number of carbonyl (C=O) groups excluding carboxylic acids is 1. The molecule has 23 heavy (non-hydrogen) atoms. The first-order chi connectivity index (χ1) is 11.1. The molecule has 3 rings (SSSR count). The van der Waals surface area contributed by atoms with Gasteiger partial charge in [-0.3, -0.25) is 14.0 Å². The fourth-order valence-electron chi connectivity index (χ4n) is 2.24. The highest BCUT2D eigenvalue weighted by Crippen LogP contribution is 2.14. The summed E-state index contributed by atoms with van der Waals surface area (Å²) in [6, 6.07) is 10.8. The maximum absolute atomic E-state index is 12.4. The number of rotatable bonds is 3. The van der Waals surface area contributed by atoms with Crippen molar-refractivity contribution >= 4 is 23.2 Å². The van der Waals surface area contributed by atoms with Gasteiger partial charge in [0.1, 0.15) is 11.2 Å². The van der Waals surface area contributed by atoms with Crippen LogP contribution in [0, 0.1) is 6.92 Å². The second-order valence-corrected chi connectivity index (χ2v) is 5.59. The summed E-state index contributed by atoms with van der Waals surface area (Å²) < 4.78 is 1.36. The number of benzene rings is 1. The summed E-state index contributed by atoms with van der Waals surface area (Å²) in [6.07, 6.45) is 2.92.